The lowest BCUT2D eigenvalue weighted by molar-refractivity contribution is -0.119. The van der Waals surface area contributed by atoms with Crippen molar-refractivity contribution < 1.29 is 9.59 Å². The van der Waals surface area contributed by atoms with Gasteiger partial charge in [-0.2, -0.15) is 0 Å². The highest BCUT2D eigenvalue weighted by molar-refractivity contribution is 5.99. The van der Waals surface area contributed by atoms with Gasteiger partial charge in [-0.1, -0.05) is 12.1 Å². The second-order valence-corrected chi connectivity index (χ2v) is 5.47. The number of carbonyl (C=O) groups excluding carboxylic acids is 2. The quantitative estimate of drug-likeness (QED) is 0.887. The van der Waals surface area contributed by atoms with Crippen LogP contribution in [0, 0.1) is 5.92 Å². The van der Waals surface area contributed by atoms with Gasteiger partial charge in [0.25, 0.3) is 5.91 Å². The topological polar surface area (TPSA) is 61.4 Å². The van der Waals surface area contributed by atoms with Crippen LogP contribution in [0.3, 0.4) is 0 Å². The molecule has 1 heterocycles. The molecule has 0 aliphatic carbocycles. The predicted octanol–water partition coefficient (Wildman–Crippen LogP) is 1.72. The van der Waals surface area contributed by atoms with Crippen LogP contribution in [0.5, 0.6) is 0 Å². The smallest absolute Gasteiger partial charge is 0.255 e. The number of amides is 2. The highest BCUT2D eigenvalue weighted by Gasteiger charge is 2.24. The van der Waals surface area contributed by atoms with Crippen LogP contribution in [-0.4, -0.2) is 43.4 Å². The first-order valence-corrected chi connectivity index (χ1v) is 7.42. The van der Waals surface area contributed by atoms with Gasteiger partial charge in [0.1, 0.15) is 0 Å². The lowest BCUT2D eigenvalue weighted by Gasteiger charge is -2.32. The van der Waals surface area contributed by atoms with E-state index >= 15 is 0 Å². The number of hydrogen-bond acceptors (Lipinski definition) is 3. The number of benzene rings is 1. The zero-order valence-corrected chi connectivity index (χ0v) is 12.7. The molecule has 2 rings (SSSR count). The molecule has 1 fully saturated rings. The largest absolute Gasteiger partial charge is 0.387 e. The molecule has 5 heteroatoms. The maximum atomic E-state index is 12.6. The first-order valence-electron chi connectivity index (χ1n) is 7.42. The molecule has 2 N–H and O–H groups in total. The summed E-state index contributed by atoms with van der Waals surface area (Å²) >= 11 is 0. The molecule has 1 saturated heterocycles. The monoisotopic (exact) mass is 289 g/mol. The zero-order valence-electron chi connectivity index (χ0n) is 12.7. The molecule has 0 saturated carbocycles. The van der Waals surface area contributed by atoms with Gasteiger partial charge in [0.05, 0.1) is 5.56 Å². The Morgan fingerprint density at radius 3 is 2.52 bits per heavy atom. The molecule has 2 amide bonds. The lowest BCUT2D eigenvalue weighted by Crippen LogP contribution is -2.41. The number of hydrogen-bond donors (Lipinski definition) is 2. The van der Waals surface area contributed by atoms with E-state index in [4.69, 9.17) is 0 Å². The van der Waals surface area contributed by atoms with Crippen molar-refractivity contribution in [2.75, 3.05) is 32.0 Å². The highest BCUT2D eigenvalue weighted by atomic mass is 16.2. The van der Waals surface area contributed by atoms with Crippen molar-refractivity contribution >= 4 is 17.5 Å². The molecular weight excluding hydrogens is 266 g/mol. The molecule has 1 aromatic carbocycles. The van der Waals surface area contributed by atoms with E-state index in [1.54, 1.807) is 0 Å². The summed E-state index contributed by atoms with van der Waals surface area (Å²) in [5.74, 6) is 0.562. The number of piperidine rings is 1. The van der Waals surface area contributed by atoms with Crippen LogP contribution >= 0.6 is 0 Å². The van der Waals surface area contributed by atoms with Crippen LogP contribution in [-0.2, 0) is 4.79 Å². The lowest BCUT2D eigenvalue weighted by atomic mass is 9.96. The van der Waals surface area contributed by atoms with Gasteiger partial charge >= 0.3 is 0 Å². The van der Waals surface area contributed by atoms with E-state index < -0.39 is 0 Å². The normalized spacial score (nSPS) is 15.6. The maximum Gasteiger partial charge on any atom is 0.255 e. The molecule has 114 valence electrons. The average molecular weight is 289 g/mol. The molecule has 1 aromatic rings. The highest BCUT2D eigenvalue weighted by Crippen LogP contribution is 2.21. The molecule has 0 atom stereocenters. The molecule has 1 aliphatic rings. The van der Waals surface area contributed by atoms with Crippen molar-refractivity contribution in [2.45, 2.75) is 19.8 Å². The third-order valence-corrected chi connectivity index (χ3v) is 3.97. The van der Waals surface area contributed by atoms with Crippen LogP contribution < -0.4 is 10.6 Å². The molecule has 5 nitrogen and oxygen atoms in total. The Balaban J connectivity index is 1.92. The first kappa shape index (κ1) is 15.4. The summed E-state index contributed by atoms with van der Waals surface area (Å²) < 4.78 is 0. The van der Waals surface area contributed by atoms with Gasteiger partial charge in [0, 0.05) is 39.3 Å². The summed E-state index contributed by atoms with van der Waals surface area (Å²) in [5.41, 5.74) is 1.59. The Morgan fingerprint density at radius 2 is 1.90 bits per heavy atom. The maximum absolute atomic E-state index is 12.6. The standard InChI is InChI=1S/C16H23N3O2/c1-12(20)18-11-13-7-9-19(10-8-13)16(21)14-5-3-4-6-15(14)17-2/h3-6,13,17H,7-11H2,1-2H3,(H,18,20). The third kappa shape index (κ3) is 3.97. The van der Waals surface area contributed by atoms with Gasteiger partial charge in [-0.15, -0.1) is 0 Å². The minimum Gasteiger partial charge on any atom is -0.387 e. The van der Waals surface area contributed by atoms with Crippen LogP contribution in [0.4, 0.5) is 5.69 Å². The molecule has 0 radical (unpaired) electrons. The van der Waals surface area contributed by atoms with Crippen molar-refractivity contribution in [1.29, 1.82) is 0 Å². The fourth-order valence-electron chi connectivity index (χ4n) is 2.69. The van der Waals surface area contributed by atoms with Crippen molar-refractivity contribution in [3.05, 3.63) is 29.8 Å². The van der Waals surface area contributed by atoms with E-state index in [0.29, 0.717) is 12.5 Å². The summed E-state index contributed by atoms with van der Waals surface area (Å²) in [6.45, 7) is 3.75. The zero-order chi connectivity index (χ0) is 15.2. The fraction of sp³-hybridized carbons (Fsp3) is 0.500. The molecule has 0 unspecified atom stereocenters. The Hall–Kier alpha value is -2.04. The third-order valence-electron chi connectivity index (χ3n) is 3.97. The Morgan fingerprint density at radius 1 is 1.24 bits per heavy atom. The van der Waals surface area contributed by atoms with Crippen molar-refractivity contribution in [3.8, 4) is 0 Å². The molecule has 1 aliphatic heterocycles. The molecule has 21 heavy (non-hydrogen) atoms. The number of para-hydroxylation sites is 1. The number of anilines is 1. The van der Waals surface area contributed by atoms with E-state index in [9.17, 15) is 9.59 Å². The number of rotatable bonds is 4. The van der Waals surface area contributed by atoms with Crippen LogP contribution in [0.2, 0.25) is 0 Å². The van der Waals surface area contributed by atoms with Crippen LogP contribution in [0.25, 0.3) is 0 Å². The van der Waals surface area contributed by atoms with Gasteiger partial charge in [-0.25, -0.2) is 0 Å². The molecular formula is C16H23N3O2. The average Bonchev–Trinajstić information content (AvgIpc) is 2.52. The van der Waals surface area contributed by atoms with Crippen LogP contribution in [0.1, 0.15) is 30.1 Å². The van der Waals surface area contributed by atoms with Gasteiger partial charge in [-0.3, -0.25) is 9.59 Å². The number of nitrogens with zero attached hydrogens (tertiary/aromatic N) is 1. The molecule has 0 aromatic heterocycles. The van der Waals surface area contributed by atoms with E-state index in [1.807, 2.05) is 36.2 Å². The fourth-order valence-corrected chi connectivity index (χ4v) is 2.69. The van der Waals surface area contributed by atoms with Gasteiger partial charge < -0.3 is 15.5 Å². The number of carbonyl (C=O) groups is 2. The van der Waals surface area contributed by atoms with Crippen molar-refractivity contribution in [1.82, 2.24) is 10.2 Å². The summed E-state index contributed by atoms with van der Waals surface area (Å²) in [6.07, 6.45) is 1.88. The summed E-state index contributed by atoms with van der Waals surface area (Å²) in [7, 11) is 1.83. The SMILES string of the molecule is CNc1ccccc1C(=O)N1CCC(CNC(C)=O)CC1. The van der Waals surface area contributed by atoms with E-state index in [-0.39, 0.29) is 11.8 Å². The van der Waals surface area contributed by atoms with Gasteiger partial charge in [0.15, 0.2) is 0 Å². The predicted molar refractivity (Wildman–Crippen MR) is 83.3 cm³/mol. The Kier molecular flexibility index (Phi) is 5.20. The second-order valence-electron chi connectivity index (χ2n) is 5.47. The van der Waals surface area contributed by atoms with Gasteiger partial charge in [0.2, 0.25) is 5.91 Å². The van der Waals surface area contributed by atoms with Crippen molar-refractivity contribution in [3.63, 3.8) is 0 Å². The number of nitrogens with one attached hydrogen (secondary N) is 2. The van der Waals surface area contributed by atoms with E-state index in [0.717, 1.165) is 37.2 Å². The number of likely N-dealkylation sites (tertiary alicyclic amines) is 1. The summed E-state index contributed by atoms with van der Waals surface area (Å²) in [4.78, 5) is 25.4. The Bertz CT molecular complexity index is 508. The second kappa shape index (κ2) is 7.11. The minimum atomic E-state index is 0.0106. The summed E-state index contributed by atoms with van der Waals surface area (Å²) in [5, 5.41) is 5.92. The minimum absolute atomic E-state index is 0.0106. The van der Waals surface area contributed by atoms with Crippen molar-refractivity contribution in [2.24, 2.45) is 5.92 Å². The Labute approximate surface area is 125 Å². The summed E-state index contributed by atoms with van der Waals surface area (Å²) in [6, 6.07) is 7.58. The first-order chi connectivity index (χ1) is 10.1. The molecule has 0 spiro atoms. The van der Waals surface area contributed by atoms with Crippen LogP contribution in [0.15, 0.2) is 24.3 Å². The molecule has 0 bridgehead atoms. The van der Waals surface area contributed by atoms with E-state index in [1.165, 1.54) is 6.92 Å². The van der Waals surface area contributed by atoms with Gasteiger partial charge in [-0.05, 0) is 30.9 Å². The van der Waals surface area contributed by atoms with E-state index in [2.05, 4.69) is 10.6 Å².